The molecule has 0 aliphatic heterocycles. The molecule has 2 saturated carbocycles. The summed E-state index contributed by atoms with van der Waals surface area (Å²) in [7, 11) is -3.16. The number of hydrogen-bond acceptors (Lipinski definition) is 5. The molecule has 0 unspecified atom stereocenters. The molecule has 0 saturated heterocycles. The Hall–Kier alpha value is -2.00. The van der Waals surface area contributed by atoms with Crippen LogP contribution in [-0.2, 0) is 10.0 Å². The van der Waals surface area contributed by atoms with Gasteiger partial charge in [-0.05, 0) is 37.7 Å². The maximum atomic E-state index is 12.2. The Kier molecular flexibility index (Phi) is 3.21. The van der Waals surface area contributed by atoms with E-state index in [1.165, 1.54) is 0 Å². The van der Waals surface area contributed by atoms with Crippen LogP contribution in [0, 0.1) is 5.92 Å². The first-order valence-corrected chi connectivity index (χ1v) is 10.3. The molecule has 132 valence electrons. The molecule has 2 fully saturated rings. The zero-order valence-corrected chi connectivity index (χ0v) is 14.7. The number of aromatic amines is 1. The van der Waals surface area contributed by atoms with Gasteiger partial charge in [0.05, 0.1) is 17.0 Å². The minimum Gasteiger partial charge on any atom is -0.345 e. The third kappa shape index (κ3) is 2.44. The molecule has 0 aromatic carbocycles. The van der Waals surface area contributed by atoms with Gasteiger partial charge in [0.15, 0.2) is 11.3 Å². The van der Waals surface area contributed by atoms with E-state index in [2.05, 4.69) is 31.8 Å². The number of aromatic nitrogens is 5. The summed E-state index contributed by atoms with van der Waals surface area (Å²) >= 11 is 0. The van der Waals surface area contributed by atoms with Crippen molar-refractivity contribution in [3.8, 4) is 0 Å². The number of nitrogens with one attached hydrogen (secondary N) is 2. The van der Waals surface area contributed by atoms with Gasteiger partial charge in [0.25, 0.3) is 0 Å². The Balaban J connectivity index is 1.49. The molecule has 3 atom stereocenters. The van der Waals surface area contributed by atoms with Gasteiger partial charge >= 0.3 is 0 Å². The predicted molar refractivity (Wildman–Crippen MR) is 92.6 cm³/mol. The van der Waals surface area contributed by atoms with Crippen LogP contribution < -0.4 is 4.72 Å². The Labute approximate surface area is 145 Å². The van der Waals surface area contributed by atoms with Gasteiger partial charge in [-0.25, -0.2) is 18.1 Å². The number of sulfonamides is 1. The smallest absolute Gasteiger partial charge is 0.214 e. The fourth-order valence-electron chi connectivity index (χ4n) is 4.05. The standard InChI is InChI=1S/C16H20N6O2S/c1-9-6-10(21-25(23,24)11-2-3-11)7-12(9)16-20-19-14-8-18-15-13(22(14)16)4-5-17-15/h4-5,8-12,17,21H,2-3,6-7H2,1H3/t9-,10+,12+/m0/s1. The molecule has 2 aliphatic carbocycles. The lowest BCUT2D eigenvalue weighted by Gasteiger charge is -2.13. The molecule has 0 radical (unpaired) electrons. The number of fused-ring (bicyclic) bond motifs is 3. The molecule has 9 heteroatoms. The van der Waals surface area contributed by atoms with Crippen molar-refractivity contribution in [3.63, 3.8) is 0 Å². The van der Waals surface area contributed by atoms with Crippen LogP contribution in [0.5, 0.6) is 0 Å². The maximum Gasteiger partial charge on any atom is 0.214 e. The zero-order chi connectivity index (χ0) is 17.2. The van der Waals surface area contributed by atoms with E-state index in [0.717, 1.165) is 48.3 Å². The van der Waals surface area contributed by atoms with E-state index in [4.69, 9.17) is 0 Å². The van der Waals surface area contributed by atoms with Crippen LogP contribution in [0.15, 0.2) is 18.5 Å². The summed E-state index contributed by atoms with van der Waals surface area (Å²) in [5.74, 6) is 1.39. The van der Waals surface area contributed by atoms with E-state index >= 15 is 0 Å². The Morgan fingerprint density at radius 3 is 2.92 bits per heavy atom. The number of nitrogens with zero attached hydrogens (tertiary/aromatic N) is 4. The van der Waals surface area contributed by atoms with Gasteiger partial charge in [0.2, 0.25) is 10.0 Å². The second-order valence-electron chi connectivity index (χ2n) is 7.34. The molecule has 3 aromatic rings. The van der Waals surface area contributed by atoms with E-state index in [1.807, 2.05) is 16.7 Å². The number of hydrogen-bond donors (Lipinski definition) is 2. The van der Waals surface area contributed by atoms with Crippen LogP contribution in [0.3, 0.4) is 0 Å². The van der Waals surface area contributed by atoms with Gasteiger partial charge in [-0.3, -0.25) is 4.40 Å². The highest BCUT2D eigenvalue weighted by Crippen LogP contribution is 2.40. The lowest BCUT2D eigenvalue weighted by Crippen LogP contribution is -2.35. The zero-order valence-electron chi connectivity index (χ0n) is 13.9. The minimum atomic E-state index is -3.16. The van der Waals surface area contributed by atoms with Crippen molar-refractivity contribution in [2.24, 2.45) is 5.92 Å². The summed E-state index contributed by atoms with van der Waals surface area (Å²) < 4.78 is 29.4. The molecule has 25 heavy (non-hydrogen) atoms. The highest BCUT2D eigenvalue weighted by atomic mass is 32.2. The Bertz CT molecular complexity index is 1050. The summed E-state index contributed by atoms with van der Waals surface area (Å²) in [4.78, 5) is 7.46. The second-order valence-corrected chi connectivity index (χ2v) is 9.33. The van der Waals surface area contributed by atoms with Crippen molar-refractivity contribution in [2.75, 3.05) is 0 Å². The molecular weight excluding hydrogens is 340 g/mol. The first kappa shape index (κ1) is 15.3. The van der Waals surface area contributed by atoms with Gasteiger partial charge in [0, 0.05) is 18.2 Å². The molecular formula is C16H20N6O2S. The van der Waals surface area contributed by atoms with E-state index in [9.17, 15) is 8.42 Å². The lowest BCUT2D eigenvalue weighted by molar-refractivity contribution is 0.505. The molecule has 2 N–H and O–H groups in total. The SMILES string of the molecule is C[C@H]1C[C@@H](NS(=O)(=O)C2CC2)C[C@H]1c1nnc2cnc3[nH]ccc3n12. The lowest BCUT2D eigenvalue weighted by atomic mass is 9.97. The van der Waals surface area contributed by atoms with Crippen molar-refractivity contribution < 1.29 is 8.42 Å². The van der Waals surface area contributed by atoms with Gasteiger partial charge < -0.3 is 4.98 Å². The highest BCUT2D eigenvalue weighted by molar-refractivity contribution is 7.90. The van der Waals surface area contributed by atoms with E-state index < -0.39 is 10.0 Å². The molecule has 0 amide bonds. The average molecular weight is 360 g/mol. The Morgan fingerprint density at radius 1 is 1.28 bits per heavy atom. The first-order chi connectivity index (χ1) is 12.0. The topological polar surface area (TPSA) is 105 Å². The summed E-state index contributed by atoms with van der Waals surface area (Å²) in [6.07, 6.45) is 6.71. The van der Waals surface area contributed by atoms with Gasteiger partial charge in [-0.2, -0.15) is 0 Å². The van der Waals surface area contributed by atoms with E-state index in [1.54, 1.807) is 6.20 Å². The van der Waals surface area contributed by atoms with Crippen molar-refractivity contribution in [1.82, 2.24) is 29.3 Å². The van der Waals surface area contributed by atoms with Crippen LogP contribution in [0.2, 0.25) is 0 Å². The van der Waals surface area contributed by atoms with Gasteiger partial charge in [-0.15, -0.1) is 10.2 Å². The second kappa shape index (κ2) is 5.25. The van der Waals surface area contributed by atoms with Crippen molar-refractivity contribution in [1.29, 1.82) is 0 Å². The van der Waals surface area contributed by atoms with Crippen LogP contribution in [-0.4, -0.2) is 44.3 Å². The third-order valence-corrected chi connectivity index (χ3v) is 7.49. The molecule has 3 heterocycles. The fourth-order valence-corrected chi connectivity index (χ4v) is 5.66. The van der Waals surface area contributed by atoms with Crippen LogP contribution >= 0.6 is 0 Å². The monoisotopic (exact) mass is 360 g/mol. The van der Waals surface area contributed by atoms with Crippen LogP contribution in [0.25, 0.3) is 16.8 Å². The molecule has 2 aliphatic rings. The summed E-state index contributed by atoms with van der Waals surface area (Å²) in [6.45, 7) is 2.16. The van der Waals surface area contributed by atoms with Gasteiger partial charge in [-0.1, -0.05) is 6.92 Å². The predicted octanol–water partition coefficient (Wildman–Crippen LogP) is 1.57. The molecule has 3 aromatic heterocycles. The fraction of sp³-hybridized carbons (Fsp3) is 0.562. The first-order valence-electron chi connectivity index (χ1n) is 8.71. The van der Waals surface area contributed by atoms with Crippen molar-refractivity contribution in [3.05, 3.63) is 24.3 Å². The van der Waals surface area contributed by atoms with Crippen molar-refractivity contribution in [2.45, 2.75) is 49.8 Å². The molecule has 8 nitrogen and oxygen atoms in total. The van der Waals surface area contributed by atoms with E-state index in [0.29, 0.717) is 5.92 Å². The van der Waals surface area contributed by atoms with Crippen LogP contribution in [0.1, 0.15) is 44.3 Å². The maximum absolute atomic E-state index is 12.2. The summed E-state index contributed by atoms with van der Waals surface area (Å²) in [6, 6.07) is 1.94. The normalized spacial score (nSPS) is 27.5. The Morgan fingerprint density at radius 2 is 2.12 bits per heavy atom. The largest absolute Gasteiger partial charge is 0.345 e. The average Bonchev–Trinajstić information content (AvgIpc) is 3.03. The highest BCUT2D eigenvalue weighted by Gasteiger charge is 2.41. The molecule has 0 bridgehead atoms. The van der Waals surface area contributed by atoms with Crippen LogP contribution in [0.4, 0.5) is 0 Å². The molecule has 0 spiro atoms. The quantitative estimate of drug-likeness (QED) is 0.735. The third-order valence-electron chi connectivity index (χ3n) is 5.47. The summed E-state index contributed by atoms with van der Waals surface area (Å²) in [5, 5.41) is 8.50. The summed E-state index contributed by atoms with van der Waals surface area (Å²) in [5.41, 5.74) is 2.47. The van der Waals surface area contributed by atoms with Gasteiger partial charge in [0.1, 0.15) is 5.82 Å². The van der Waals surface area contributed by atoms with E-state index in [-0.39, 0.29) is 17.2 Å². The molecule has 5 rings (SSSR count). The number of H-pyrrole nitrogens is 1. The van der Waals surface area contributed by atoms with Crippen molar-refractivity contribution >= 4 is 26.8 Å². The number of rotatable bonds is 4. The minimum absolute atomic E-state index is 0.0264.